The minimum absolute atomic E-state index is 0.605. The summed E-state index contributed by atoms with van der Waals surface area (Å²) in [4.78, 5) is 19.9. The molecule has 0 fully saturated rings. The van der Waals surface area contributed by atoms with Crippen LogP contribution < -0.4 is 0 Å². The van der Waals surface area contributed by atoms with E-state index >= 15 is 0 Å². The summed E-state index contributed by atoms with van der Waals surface area (Å²) < 4.78 is 11.4. The van der Waals surface area contributed by atoms with Crippen LogP contribution in [0.1, 0.15) is 0 Å². The van der Waals surface area contributed by atoms with Crippen molar-refractivity contribution in [3.05, 3.63) is 218 Å². The molecule has 4 heterocycles. The van der Waals surface area contributed by atoms with Crippen molar-refractivity contribution in [1.82, 2.24) is 29.1 Å². The van der Waals surface area contributed by atoms with Gasteiger partial charge in [0.15, 0.2) is 23.1 Å². The molecule has 7 nitrogen and oxygen atoms in total. The number of benzene rings is 9. The van der Waals surface area contributed by atoms with Crippen LogP contribution in [0.2, 0.25) is 0 Å². The highest BCUT2D eigenvalue weighted by Gasteiger charge is 2.22. The van der Waals surface area contributed by atoms with E-state index in [1.165, 1.54) is 10.8 Å². The molecule has 0 aliphatic heterocycles. The van der Waals surface area contributed by atoms with Gasteiger partial charge >= 0.3 is 0 Å². The van der Waals surface area contributed by atoms with E-state index in [0.29, 0.717) is 23.4 Å². The number of hydrogen-bond donors (Lipinski definition) is 0. The fourth-order valence-corrected chi connectivity index (χ4v) is 9.42. The second-order valence-electron chi connectivity index (χ2n) is 16.2. The number of oxazole rings is 1. The van der Waals surface area contributed by atoms with Crippen molar-refractivity contribution >= 4 is 54.7 Å². The average Bonchev–Trinajstić information content (AvgIpc) is 4.08. The number of hydrogen-bond acceptors (Lipinski definition) is 5. The maximum atomic E-state index is 6.67. The molecule has 0 aliphatic carbocycles. The van der Waals surface area contributed by atoms with Gasteiger partial charge in [0.05, 0.1) is 22.1 Å². The first-order valence-electron chi connectivity index (χ1n) is 21.7. The predicted octanol–water partition coefficient (Wildman–Crippen LogP) is 14.5. The van der Waals surface area contributed by atoms with Gasteiger partial charge in [-0.2, -0.15) is 0 Å². The molecular weight excluding hydrogens is 797 g/mol. The summed E-state index contributed by atoms with van der Waals surface area (Å²) in [6.45, 7) is 0. The van der Waals surface area contributed by atoms with Gasteiger partial charge in [0, 0.05) is 60.7 Å². The molecule has 13 rings (SSSR count). The molecule has 0 atom stereocenters. The lowest BCUT2D eigenvalue weighted by Gasteiger charge is -2.13. The zero-order valence-corrected chi connectivity index (χ0v) is 34.9. The van der Waals surface area contributed by atoms with Gasteiger partial charge in [0.25, 0.3) is 0 Å². The number of rotatable bonds is 7. The molecule has 0 amide bonds. The Morgan fingerprint density at radius 2 is 0.831 bits per heavy atom. The lowest BCUT2D eigenvalue weighted by atomic mass is 9.99. The highest BCUT2D eigenvalue weighted by atomic mass is 16.3. The van der Waals surface area contributed by atoms with Crippen LogP contribution >= 0.6 is 0 Å². The van der Waals surface area contributed by atoms with Crippen LogP contribution in [-0.4, -0.2) is 29.1 Å². The van der Waals surface area contributed by atoms with Gasteiger partial charge in [-0.3, -0.25) is 0 Å². The third-order valence-corrected chi connectivity index (χ3v) is 12.4. The van der Waals surface area contributed by atoms with E-state index in [0.717, 1.165) is 88.7 Å². The zero-order chi connectivity index (χ0) is 42.8. The highest BCUT2D eigenvalue weighted by Crippen LogP contribution is 2.43. The quantitative estimate of drug-likeness (QED) is 0.160. The van der Waals surface area contributed by atoms with Crippen molar-refractivity contribution in [1.29, 1.82) is 0 Å². The molecular formula is C58H36N6O. The first-order chi connectivity index (χ1) is 32.2. The second kappa shape index (κ2) is 14.9. The predicted molar refractivity (Wildman–Crippen MR) is 263 cm³/mol. The van der Waals surface area contributed by atoms with Crippen LogP contribution in [0.5, 0.6) is 0 Å². The second-order valence-corrected chi connectivity index (χ2v) is 16.2. The largest absolute Gasteiger partial charge is 0.434 e. The Balaban J connectivity index is 0.985. The highest BCUT2D eigenvalue weighted by molar-refractivity contribution is 6.19. The molecule has 9 aromatic carbocycles. The first kappa shape index (κ1) is 36.7. The Bertz CT molecular complexity index is 3860. The fraction of sp³-hybridized carbons (Fsp3) is 0. The summed E-state index contributed by atoms with van der Waals surface area (Å²) in [6, 6.07) is 75.8. The van der Waals surface area contributed by atoms with Crippen molar-refractivity contribution in [2.75, 3.05) is 0 Å². The normalized spacial score (nSPS) is 11.7. The van der Waals surface area contributed by atoms with E-state index in [4.69, 9.17) is 24.4 Å². The Hall–Kier alpha value is -8.94. The molecule has 0 bridgehead atoms. The zero-order valence-electron chi connectivity index (χ0n) is 34.9. The monoisotopic (exact) mass is 832 g/mol. The summed E-state index contributed by atoms with van der Waals surface area (Å²) >= 11 is 0. The summed E-state index contributed by atoms with van der Waals surface area (Å²) in [5.41, 5.74) is 14.0. The van der Waals surface area contributed by atoms with Crippen LogP contribution in [-0.2, 0) is 0 Å². The van der Waals surface area contributed by atoms with Gasteiger partial charge < -0.3 is 13.6 Å². The van der Waals surface area contributed by atoms with Gasteiger partial charge in [-0.05, 0) is 84.4 Å². The van der Waals surface area contributed by atoms with Gasteiger partial charge in [0.1, 0.15) is 5.52 Å². The van der Waals surface area contributed by atoms with Crippen LogP contribution in [0.3, 0.4) is 0 Å². The first-order valence-corrected chi connectivity index (χ1v) is 21.7. The number of fused-ring (bicyclic) bond motifs is 8. The standard InChI is InChI=1S/C58H36N6O/c1-5-16-37(17-6-1)55-60-56(38-18-7-2-8-19-38)62-57(61-55)39-28-31-43(32-29-39)63-50-27-14-13-24-45(50)46-26-15-25-44(52(46)63)41-30-35-51-48(36-41)47-33-34-49-54(53(47)64(51)42-22-11-4-12-23-42)65-58(59-49)40-20-9-3-10-21-40/h1-36H. The number of aromatic nitrogens is 6. The van der Waals surface area contributed by atoms with Crippen LogP contribution in [0.4, 0.5) is 0 Å². The van der Waals surface area contributed by atoms with Gasteiger partial charge in [-0.15, -0.1) is 0 Å². The molecule has 0 saturated carbocycles. The summed E-state index contributed by atoms with van der Waals surface area (Å²) in [6.07, 6.45) is 0. The lowest BCUT2D eigenvalue weighted by Crippen LogP contribution is -2.00. The number of para-hydroxylation sites is 3. The van der Waals surface area contributed by atoms with Gasteiger partial charge in [-0.1, -0.05) is 140 Å². The van der Waals surface area contributed by atoms with Gasteiger partial charge in [0.2, 0.25) is 5.89 Å². The third-order valence-electron chi connectivity index (χ3n) is 12.4. The van der Waals surface area contributed by atoms with Crippen LogP contribution in [0.25, 0.3) is 123 Å². The molecule has 0 N–H and O–H groups in total. The topological polar surface area (TPSA) is 74.6 Å². The summed E-state index contributed by atoms with van der Waals surface area (Å²) in [5.74, 6) is 2.50. The molecule has 0 unspecified atom stereocenters. The molecule has 4 aromatic heterocycles. The van der Waals surface area contributed by atoms with E-state index in [9.17, 15) is 0 Å². The smallest absolute Gasteiger partial charge is 0.227 e. The van der Waals surface area contributed by atoms with E-state index in [1.807, 2.05) is 91.0 Å². The molecule has 304 valence electrons. The number of nitrogens with zero attached hydrogens (tertiary/aromatic N) is 6. The fourth-order valence-electron chi connectivity index (χ4n) is 9.42. The molecule has 65 heavy (non-hydrogen) atoms. The van der Waals surface area contributed by atoms with Crippen molar-refractivity contribution in [2.24, 2.45) is 0 Å². The SMILES string of the molecule is c1ccc(-c2nc(-c3ccccc3)nc(-c3ccc(-n4c5ccccc5c5cccc(-c6ccc7c(c6)c6ccc8nc(-c9ccccc9)oc8c6n7-c6ccccc6)c54)cc3)n2)cc1. The van der Waals surface area contributed by atoms with E-state index < -0.39 is 0 Å². The maximum Gasteiger partial charge on any atom is 0.227 e. The molecule has 0 aliphatic rings. The minimum atomic E-state index is 0.605. The van der Waals surface area contributed by atoms with Crippen molar-refractivity contribution < 1.29 is 4.42 Å². The summed E-state index contributed by atoms with van der Waals surface area (Å²) in [5, 5.41) is 4.60. The molecule has 7 heteroatoms. The van der Waals surface area contributed by atoms with Crippen molar-refractivity contribution in [2.45, 2.75) is 0 Å². The van der Waals surface area contributed by atoms with E-state index in [-0.39, 0.29) is 0 Å². The molecule has 13 aromatic rings. The van der Waals surface area contributed by atoms with Crippen LogP contribution in [0, 0.1) is 0 Å². The minimum Gasteiger partial charge on any atom is -0.434 e. The lowest BCUT2D eigenvalue weighted by molar-refractivity contribution is 0.622. The molecule has 0 saturated heterocycles. The van der Waals surface area contributed by atoms with Gasteiger partial charge in [-0.25, -0.2) is 19.9 Å². The molecule has 0 radical (unpaired) electrons. The van der Waals surface area contributed by atoms with E-state index in [1.54, 1.807) is 0 Å². The van der Waals surface area contributed by atoms with E-state index in [2.05, 4.69) is 137 Å². The van der Waals surface area contributed by atoms with Crippen molar-refractivity contribution in [3.63, 3.8) is 0 Å². The van der Waals surface area contributed by atoms with Crippen molar-refractivity contribution in [3.8, 4) is 68.1 Å². The Kier molecular flexibility index (Phi) is 8.39. The molecule has 0 spiro atoms. The Morgan fingerprint density at radius 3 is 1.51 bits per heavy atom. The third kappa shape index (κ3) is 6.05. The summed E-state index contributed by atoms with van der Waals surface area (Å²) in [7, 11) is 0. The van der Waals surface area contributed by atoms with Crippen LogP contribution in [0.15, 0.2) is 223 Å². The average molecular weight is 833 g/mol. The maximum absolute atomic E-state index is 6.67. The Morgan fingerprint density at radius 1 is 0.323 bits per heavy atom. The Labute approximate surface area is 373 Å².